The molecular formula is C15H23NO. The first-order chi connectivity index (χ1) is 8.06. The van der Waals surface area contributed by atoms with Gasteiger partial charge in [-0.05, 0) is 55.4 Å². The highest BCUT2D eigenvalue weighted by molar-refractivity contribution is 5.51. The number of hydrogen-bond acceptors (Lipinski definition) is 2. The van der Waals surface area contributed by atoms with E-state index in [1.54, 1.807) is 6.07 Å². The van der Waals surface area contributed by atoms with Crippen LogP contribution in [0.25, 0.3) is 0 Å². The van der Waals surface area contributed by atoms with Crippen molar-refractivity contribution in [3.05, 3.63) is 23.8 Å². The van der Waals surface area contributed by atoms with Crippen LogP contribution in [0.2, 0.25) is 0 Å². The normalized spacial score (nSPS) is 29.0. The minimum absolute atomic E-state index is 0.376. The molecule has 0 amide bonds. The third-order valence-electron chi connectivity index (χ3n) is 4.01. The summed E-state index contributed by atoms with van der Waals surface area (Å²) in [7, 11) is 0. The van der Waals surface area contributed by atoms with Gasteiger partial charge in [-0.1, -0.05) is 20.3 Å². The standard InChI is InChI=1S/C15H23NO/c1-10-4-5-11(2)14(8-10)16-13-6-7-15(17)12(3)9-13/h6-7,9-11,14,16-17H,4-5,8H2,1-3H3. The van der Waals surface area contributed by atoms with Gasteiger partial charge in [-0.3, -0.25) is 0 Å². The van der Waals surface area contributed by atoms with Crippen molar-refractivity contribution in [3.63, 3.8) is 0 Å². The second kappa shape index (κ2) is 4.99. The van der Waals surface area contributed by atoms with E-state index in [1.807, 2.05) is 19.1 Å². The molecule has 3 atom stereocenters. The van der Waals surface area contributed by atoms with E-state index in [9.17, 15) is 5.11 Å². The molecule has 0 aliphatic heterocycles. The number of hydrogen-bond donors (Lipinski definition) is 2. The summed E-state index contributed by atoms with van der Waals surface area (Å²) in [4.78, 5) is 0. The van der Waals surface area contributed by atoms with Gasteiger partial charge in [0.25, 0.3) is 0 Å². The molecule has 0 spiro atoms. The predicted molar refractivity (Wildman–Crippen MR) is 72.4 cm³/mol. The molecule has 1 aliphatic carbocycles. The molecule has 1 saturated carbocycles. The smallest absolute Gasteiger partial charge is 0.118 e. The van der Waals surface area contributed by atoms with Crippen LogP contribution in [0.5, 0.6) is 5.75 Å². The molecule has 2 heteroatoms. The molecular weight excluding hydrogens is 210 g/mol. The fourth-order valence-corrected chi connectivity index (χ4v) is 2.69. The number of aromatic hydroxyl groups is 1. The Kier molecular flexibility index (Phi) is 3.60. The van der Waals surface area contributed by atoms with Crippen LogP contribution in [0.3, 0.4) is 0 Å². The van der Waals surface area contributed by atoms with Crippen molar-refractivity contribution in [2.45, 2.75) is 46.1 Å². The van der Waals surface area contributed by atoms with Crippen LogP contribution in [-0.2, 0) is 0 Å². The average Bonchev–Trinajstić information content (AvgIpc) is 2.29. The van der Waals surface area contributed by atoms with E-state index < -0.39 is 0 Å². The van der Waals surface area contributed by atoms with E-state index in [4.69, 9.17) is 0 Å². The maximum Gasteiger partial charge on any atom is 0.118 e. The summed E-state index contributed by atoms with van der Waals surface area (Å²) in [6.07, 6.45) is 3.92. The van der Waals surface area contributed by atoms with Crippen molar-refractivity contribution in [1.82, 2.24) is 0 Å². The van der Waals surface area contributed by atoms with Crippen molar-refractivity contribution in [3.8, 4) is 5.75 Å². The van der Waals surface area contributed by atoms with Crippen LogP contribution in [0.1, 0.15) is 38.7 Å². The summed E-state index contributed by atoms with van der Waals surface area (Å²) in [5, 5.41) is 13.1. The van der Waals surface area contributed by atoms with Gasteiger partial charge < -0.3 is 10.4 Å². The highest BCUT2D eigenvalue weighted by Gasteiger charge is 2.25. The second-order valence-electron chi connectivity index (χ2n) is 5.65. The maximum atomic E-state index is 9.52. The lowest BCUT2D eigenvalue weighted by molar-refractivity contribution is 0.280. The molecule has 0 heterocycles. The number of phenols is 1. The molecule has 0 aromatic heterocycles. The van der Waals surface area contributed by atoms with Crippen LogP contribution in [0.15, 0.2) is 18.2 Å². The van der Waals surface area contributed by atoms with Gasteiger partial charge in [0.2, 0.25) is 0 Å². The molecule has 2 N–H and O–H groups in total. The van der Waals surface area contributed by atoms with E-state index >= 15 is 0 Å². The zero-order valence-electron chi connectivity index (χ0n) is 11.0. The third-order valence-corrected chi connectivity index (χ3v) is 4.01. The number of nitrogens with one attached hydrogen (secondary N) is 1. The number of phenolic OH excluding ortho intramolecular Hbond substituents is 1. The molecule has 1 aromatic rings. The first-order valence-electron chi connectivity index (χ1n) is 6.62. The van der Waals surface area contributed by atoms with Crippen LogP contribution in [0.4, 0.5) is 5.69 Å². The zero-order chi connectivity index (χ0) is 12.4. The number of benzene rings is 1. The second-order valence-corrected chi connectivity index (χ2v) is 5.65. The molecule has 1 fully saturated rings. The average molecular weight is 233 g/mol. The van der Waals surface area contributed by atoms with Gasteiger partial charge in [0, 0.05) is 11.7 Å². The van der Waals surface area contributed by atoms with Gasteiger partial charge in [0.05, 0.1) is 0 Å². The molecule has 0 saturated heterocycles. The minimum atomic E-state index is 0.376. The predicted octanol–water partition coefficient (Wildman–Crippen LogP) is 3.94. The Morgan fingerprint density at radius 3 is 2.71 bits per heavy atom. The molecule has 2 rings (SSSR count). The number of aryl methyl sites for hydroxylation is 1. The number of rotatable bonds is 2. The van der Waals surface area contributed by atoms with Crippen LogP contribution < -0.4 is 5.32 Å². The quantitative estimate of drug-likeness (QED) is 0.758. The van der Waals surface area contributed by atoms with Gasteiger partial charge in [-0.15, -0.1) is 0 Å². The fourth-order valence-electron chi connectivity index (χ4n) is 2.69. The monoisotopic (exact) mass is 233 g/mol. The Morgan fingerprint density at radius 2 is 2.00 bits per heavy atom. The van der Waals surface area contributed by atoms with Gasteiger partial charge in [-0.25, -0.2) is 0 Å². The minimum Gasteiger partial charge on any atom is -0.508 e. The van der Waals surface area contributed by atoms with E-state index in [2.05, 4.69) is 19.2 Å². The van der Waals surface area contributed by atoms with Gasteiger partial charge in [0.15, 0.2) is 0 Å². The van der Waals surface area contributed by atoms with Crippen molar-refractivity contribution < 1.29 is 5.11 Å². The molecule has 1 aromatic carbocycles. The highest BCUT2D eigenvalue weighted by Crippen LogP contribution is 2.31. The summed E-state index contributed by atoms with van der Waals surface area (Å²) in [5.74, 6) is 1.93. The summed E-state index contributed by atoms with van der Waals surface area (Å²) < 4.78 is 0. The van der Waals surface area contributed by atoms with Gasteiger partial charge >= 0.3 is 0 Å². The first kappa shape index (κ1) is 12.3. The summed E-state index contributed by atoms with van der Waals surface area (Å²) >= 11 is 0. The summed E-state index contributed by atoms with van der Waals surface area (Å²) in [6.45, 7) is 6.60. The molecule has 0 bridgehead atoms. The zero-order valence-corrected chi connectivity index (χ0v) is 11.0. The van der Waals surface area contributed by atoms with E-state index in [1.165, 1.54) is 19.3 Å². The Balaban J connectivity index is 2.06. The van der Waals surface area contributed by atoms with Crippen LogP contribution in [0, 0.1) is 18.8 Å². The molecule has 17 heavy (non-hydrogen) atoms. The maximum absolute atomic E-state index is 9.52. The van der Waals surface area contributed by atoms with Crippen LogP contribution in [-0.4, -0.2) is 11.1 Å². The molecule has 3 unspecified atom stereocenters. The van der Waals surface area contributed by atoms with E-state index in [0.717, 1.165) is 23.1 Å². The Hall–Kier alpha value is -1.18. The lowest BCUT2D eigenvalue weighted by Crippen LogP contribution is -2.33. The van der Waals surface area contributed by atoms with Crippen LogP contribution >= 0.6 is 0 Å². The highest BCUT2D eigenvalue weighted by atomic mass is 16.3. The summed E-state index contributed by atoms with van der Waals surface area (Å²) in [6, 6.07) is 6.34. The third kappa shape index (κ3) is 2.93. The Morgan fingerprint density at radius 1 is 1.24 bits per heavy atom. The SMILES string of the molecule is Cc1cc(NC2CC(C)CCC2C)ccc1O. The summed E-state index contributed by atoms with van der Waals surface area (Å²) in [5.41, 5.74) is 2.07. The van der Waals surface area contributed by atoms with E-state index in [0.29, 0.717) is 11.8 Å². The number of anilines is 1. The largest absolute Gasteiger partial charge is 0.508 e. The van der Waals surface area contributed by atoms with Gasteiger partial charge in [-0.2, -0.15) is 0 Å². The van der Waals surface area contributed by atoms with Crippen molar-refractivity contribution >= 4 is 5.69 Å². The van der Waals surface area contributed by atoms with Gasteiger partial charge in [0.1, 0.15) is 5.75 Å². The molecule has 0 radical (unpaired) electrons. The Labute approximate surface area is 104 Å². The lowest BCUT2D eigenvalue weighted by Gasteiger charge is -2.34. The molecule has 1 aliphatic rings. The molecule has 94 valence electrons. The topological polar surface area (TPSA) is 32.3 Å². The Bertz CT molecular complexity index is 389. The van der Waals surface area contributed by atoms with Crippen molar-refractivity contribution in [1.29, 1.82) is 0 Å². The molecule has 2 nitrogen and oxygen atoms in total. The van der Waals surface area contributed by atoms with E-state index in [-0.39, 0.29) is 0 Å². The fraction of sp³-hybridized carbons (Fsp3) is 0.600. The van der Waals surface area contributed by atoms with Crippen molar-refractivity contribution in [2.24, 2.45) is 11.8 Å². The first-order valence-corrected chi connectivity index (χ1v) is 6.62. The van der Waals surface area contributed by atoms with Crippen molar-refractivity contribution in [2.75, 3.05) is 5.32 Å². The lowest BCUT2D eigenvalue weighted by atomic mass is 9.80.